The van der Waals surface area contributed by atoms with Crippen LogP contribution in [0.5, 0.6) is 0 Å². The third-order valence-corrected chi connectivity index (χ3v) is 4.12. The maximum absolute atomic E-state index is 12.1. The Morgan fingerprint density at radius 1 is 1.50 bits per heavy atom. The van der Waals surface area contributed by atoms with Gasteiger partial charge in [-0.05, 0) is 28.9 Å². The third-order valence-electron chi connectivity index (χ3n) is 2.48. The average molecular weight is 281 g/mol. The van der Waals surface area contributed by atoms with E-state index >= 15 is 0 Å². The molecule has 0 unspecified atom stereocenters. The first-order valence-corrected chi connectivity index (χ1v) is 7.44. The number of carbonyl (C=O) groups excluding carboxylic acids is 1. The van der Waals surface area contributed by atoms with Crippen LogP contribution >= 0.6 is 22.7 Å². The van der Waals surface area contributed by atoms with Gasteiger partial charge in [-0.15, -0.1) is 11.3 Å². The van der Waals surface area contributed by atoms with Crippen LogP contribution in [-0.4, -0.2) is 29.4 Å². The van der Waals surface area contributed by atoms with Gasteiger partial charge in [-0.1, -0.05) is 0 Å². The summed E-state index contributed by atoms with van der Waals surface area (Å²) in [6.07, 6.45) is 0.728. The van der Waals surface area contributed by atoms with E-state index in [1.807, 2.05) is 16.8 Å². The number of hydrogen-bond acceptors (Lipinski definition) is 5. The molecule has 0 fully saturated rings. The molecule has 2 heterocycles. The molecule has 0 atom stereocenters. The highest BCUT2D eigenvalue weighted by molar-refractivity contribution is 7.09. The van der Waals surface area contributed by atoms with E-state index < -0.39 is 0 Å². The molecule has 0 radical (unpaired) electrons. The molecule has 0 saturated carbocycles. The minimum atomic E-state index is -0.0410. The molecular weight excluding hydrogens is 266 g/mol. The highest BCUT2D eigenvalue weighted by Crippen LogP contribution is 2.14. The van der Waals surface area contributed by atoms with Gasteiger partial charge in [0, 0.05) is 25.4 Å². The molecule has 0 aliphatic heterocycles. The summed E-state index contributed by atoms with van der Waals surface area (Å²) in [5, 5.41) is 6.78. The molecule has 4 nitrogen and oxygen atoms in total. The fraction of sp³-hybridized carbons (Fsp3) is 0.333. The lowest BCUT2D eigenvalue weighted by Crippen LogP contribution is -2.26. The van der Waals surface area contributed by atoms with Crippen LogP contribution in [0, 0.1) is 0 Å². The van der Waals surface area contributed by atoms with Crippen molar-refractivity contribution in [2.24, 2.45) is 5.73 Å². The van der Waals surface area contributed by atoms with Crippen LogP contribution in [0.1, 0.15) is 21.1 Å². The molecule has 0 aliphatic carbocycles. The molecule has 0 saturated heterocycles. The summed E-state index contributed by atoms with van der Waals surface area (Å²) < 4.78 is 0. The highest BCUT2D eigenvalue weighted by atomic mass is 32.1. The Balaban J connectivity index is 2.01. The van der Waals surface area contributed by atoms with E-state index in [2.05, 4.69) is 4.98 Å². The average Bonchev–Trinajstić information content (AvgIpc) is 3.00. The van der Waals surface area contributed by atoms with E-state index in [4.69, 9.17) is 5.73 Å². The lowest BCUT2D eigenvalue weighted by molar-refractivity contribution is 0.0780. The third kappa shape index (κ3) is 3.16. The monoisotopic (exact) mass is 281 g/mol. The number of nitrogens with zero attached hydrogens (tertiary/aromatic N) is 2. The minimum Gasteiger partial charge on any atom is -0.336 e. The van der Waals surface area contributed by atoms with Gasteiger partial charge in [0.25, 0.3) is 5.91 Å². The number of hydrogen-bond donors (Lipinski definition) is 1. The van der Waals surface area contributed by atoms with Crippen molar-refractivity contribution >= 4 is 28.6 Å². The smallest absolute Gasteiger partial charge is 0.273 e. The Hall–Kier alpha value is -1.24. The van der Waals surface area contributed by atoms with Crippen LogP contribution in [0.25, 0.3) is 0 Å². The predicted octanol–water partition coefficient (Wildman–Crippen LogP) is 1.98. The Kier molecular flexibility index (Phi) is 4.46. The van der Waals surface area contributed by atoms with E-state index in [1.165, 1.54) is 11.3 Å². The second-order valence-electron chi connectivity index (χ2n) is 3.96. The van der Waals surface area contributed by atoms with Gasteiger partial charge in [-0.3, -0.25) is 4.79 Å². The van der Waals surface area contributed by atoms with Gasteiger partial charge in [-0.25, -0.2) is 4.98 Å². The van der Waals surface area contributed by atoms with Gasteiger partial charge < -0.3 is 10.6 Å². The van der Waals surface area contributed by atoms with Crippen molar-refractivity contribution in [3.63, 3.8) is 0 Å². The largest absolute Gasteiger partial charge is 0.336 e. The van der Waals surface area contributed by atoms with Crippen molar-refractivity contribution < 1.29 is 4.79 Å². The number of aromatic nitrogens is 1. The maximum atomic E-state index is 12.1. The van der Waals surface area contributed by atoms with Crippen molar-refractivity contribution in [1.29, 1.82) is 0 Å². The molecule has 2 N–H and O–H groups in total. The lowest BCUT2D eigenvalue weighted by atomic mass is 10.3. The van der Waals surface area contributed by atoms with Gasteiger partial charge in [0.15, 0.2) is 0 Å². The quantitative estimate of drug-likeness (QED) is 0.911. The van der Waals surface area contributed by atoms with Crippen molar-refractivity contribution in [2.75, 3.05) is 13.6 Å². The van der Waals surface area contributed by atoms with Crippen LogP contribution in [-0.2, 0) is 13.0 Å². The molecule has 6 heteroatoms. The summed E-state index contributed by atoms with van der Waals surface area (Å²) >= 11 is 3.13. The Morgan fingerprint density at radius 2 is 2.33 bits per heavy atom. The van der Waals surface area contributed by atoms with Crippen LogP contribution in [0.3, 0.4) is 0 Å². The van der Waals surface area contributed by atoms with Gasteiger partial charge in [-0.2, -0.15) is 11.3 Å². The van der Waals surface area contributed by atoms with Crippen LogP contribution in [0.4, 0.5) is 0 Å². The second kappa shape index (κ2) is 6.08. The highest BCUT2D eigenvalue weighted by Gasteiger charge is 2.15. The van der Waals surface area contributed by atoms with Crippen molar-refractivity contribution in [3.8, 4) is 0 Å². The van der Waals surface area contributed by atoms with Crippen LogP contribution in [0.15, 0.2) is 22.2 Å². The van der Waals surface area contributed by atoms with E-state index in [0.717, 1.165) is 17.0 Å². The maximum Gasteiger partial charge on any atom is 0.273 e. The van der Waals surface area contributed by atoms with Gasteiger partial charge in [0.1, 0.15) is 5.69 Å². The number of carbonyl (C=O) groups is 1. The Morgan fingerprint density at radius 3 is 3.00 bits per heavy atom. The molecule has 2 rings (SSSR count). The molecule has 96 valence electrons. The van der Waals surface area contributed by atoms with Gasteiger partial charge in [0.2, 0.25) is 0 Å². The first-order chi connectivity index (χ1) is 8.70. The molecule has 2 aromatic rings. The van der Waals surface area contributed by atoms with Crippen molar-refractivity contribution in [1.82, 2.24) is 9.88 Å². The fourth-order valence-corrected chi connectivity index (χ4v) is 3.02. The first-order valence-electron chi connectivity index (χ1n) is 5.61. The molecule has 0 aromatic carbocycles. The number of nitrogens with two attached hydrogens (primary N) is 1. The number of rotatable bonds is 5. The summed E-state index contributed by atoms with van der Waals surface area (Å²) in [5.41, 5.74) is 7.13. The molecule has 0 bridgehead atoms. The normalized spacial score (nSPS) is 10.6. The van der Waals surface area contributed by atoms with Crippen molar-refractivity contribution in [2.45, 2.75) is 13.0 Å². The fourth-order valence-electron chi connectivity index (χ4n) is 1.57. The van der Waals surface area contributed by atoms with Crippen LogP contribution < -0.4 is 5.73 Å². The lowest BCUT2D eigenvalue weighted by Gasteiger charge is -2.14. The number of thiophene rings is 1. The molecule has 2 aromatic heterocycles. The summed E-state index contributed by atoms with van der Waals surface area (Å²) in [7, 11) is 1.79. The summed E-state index contributed by atoms with van der Waals surface area (Å²) in [5.74, 6) is -0.0410. The molecule has 0 spiro atoms. The van der Waals surface area contributed by atoms with E-state index in [-0.39, 0.29) is 5.91 Å². The summed E-state index contributed by atoms with van der Waals surface area (Å²) in [6.45, 7) is 1.18. The van der Waals surface area contributed by atoms with E-state index in [1.54, 1.807) is 28.7 Å². The van der Waals surface area contributed by atoms with E-state index in [9.17, 15) is 4.79 Å². The Labute approximate surface area is 114 Å². The molecule has 0 aliphatic rings. The molecule has 18 heavy (non-hydrogen) atoms. The first kappa shape index (κ1) is 13.2. The predicted molar refractivity (Wildman–Crippen MR) is 75.0 cm³/mol. The summed E-state index contributed by atoms with van der Waals surface area (Å²) in [4.78, 5) is 18.1. The van der Waals surface area contributed by atoms with Gasteiger partial charge in [0.05, 0.1) is 5.01 Å². The standard InChI is InChI=1S/C12H15N3OS2/c1-15(6-9-3-5-17-7-9)12(16)10-8-18-11(14-10)2-4-13/h3,5,7-8H,2,4,6,13H2,1H3. The van der Waals surface area contributed by atoms with Gasteiger partial charge >= 0.3 is 0 Å². The second-order valence-corrected chi connectivity index (χ2v) is 5.68. The number of thiazole rings is 1. The number of amides is 1. The molecular formula is C12H15N3OS2. The summed E-state index contributed by atoms with van der Waals surface area (Å²) in [6, 6.07) is 2.02. The van der Waals surface area contributed by atoms with E-state index in [0.29, 0.717) is 18.8 Å². The minimum absolute atomic E-state index is 0.0410. The zero-order chi connectivity index (χ0) is 13.0. The zero-order valence-corrected chi connectivity index (χ0v) is 11.8. The zero-order valence-electron chi connectivity index (χ0n) is 10.1. The SMILES string of the molecule is CN(Cc1ccsc1)C(=O)c1csc(CCN)n1. The molecule has 1 amide bonds. The topological polar surface area (TPSA) is 59.2 Å². The van der Waals surface area contributed by atoms with Crippen molar-refractivity contribution in [3.05, 3.63) is 38.5 Å². The Bertz CT molecular complexity index is 507. The van der Waals surface area contributed by atoms with Crippen LogP contribution in [0.2, 0.25) is 0 Å².